The minimum atomic E-state index is -0.549. The van der Waals surface area contributed by atoms with E-state index < -0.39 is 6.04 Å². The summed E-state index contributed by atoms with van der Waals surface area (Å²) in [5, 5.41) is 3.61. The number of halogens is 1. The van der Waals surface area contributed by atoms with Gasteiger partial charge in [0.25, 0.3) is 0 Å². The number of rotatable bonds is 9. The Morgan fingerprint density at radius 3 is 2.34 bits per heavy atom. The number of aryl methyl sites for hydroxylation is 1. The second kappa shape index (κ2) is 11.3. The predicted octanol–water partition coefficient (Wildman–Crippen LogP) is 4.93. The van der Waals surface area contributed by atoms with Crippen molar-refractivity contribution in [1.82, 2.24) is 10.2 Å². The van der Waals surface area contributed by atoms with Gasteiger partial charge >= 0.3 is 0 Å². The summed E-state index contributed by atoms with van der Waals surface area (Å²) in [6, 6.07) is 14.8. The number of amides is 2. The molecular weight excluding hydrogens is 404 g/mol. The van der Waals surface area contributed by atoms with Crippen LogP contribution < -0.4 is 5.32 Å². The Morgan fingerprint density at radius 2 is 1.72 bits per heavy atom. The molecule has 0 aliphatic rings. The Hall–Kier alpha value is -1.98. The molecule has 6 heteroatoms. The van der Waals surface area contributed by atoms with Crippen molar-refractivity contribution in [2.24, 2.45) is 5.92 Å². The van der Waals surface area contributed by atoms with E-state index in [0.717, 1.165) is 16.0 Å². The van der Waals surface area contributed by atoms with Crippen molar-refractivity contribution >= 4 is 35.2 Å². The summed E-state index contributed by atoms with van der Waals surface area (Å²) in [6.45, 7) is 8.90. The zero-order valence-corrected chi connectivity index (χ0v) is 19.0. The number of thioether (sulfide) groups is 1. The standard InChI is InChI=1S/C23H29ClN2O2S/c1-16(2)13-25-23(28)18(4)26(14-19-8-6-5-7-17(19)3)22(27)15-29-21-11-9-20(24)10-12-21/h5-12,16,18H,13-15H2,1-4H3,(H,25,28)/t18-/m1/s1. The zero-order chi connectivity index (χ0) is 21.4. The van der Waals surface area contributed by atoms with Gasteiger partial charge in [-0.1, -0.05) is 49.7 Å². The minimum absolute atomic E-state index is 0.0691. The molecule has 1 atom stereocenters. The molecule has 0 aliphatic carbocycles. The molecule has 4 nitrogen and oxygen atoms in total. The Balaban J connectivity index is 2.13. The van der Waals surface area contributed by atoms with Gasteiger partial charge < -0.3 is 10.2 Å². The molecule has 0 radical (unpaired) electrons. The number of hydrogen-bond donors (Lipinski definition) is 1. The van der Waals surface area contributed by atoms with Crippen LogP contribution in [0.1, 0.15) is 31.9 Å². The maximum Gasteiger partial charge on any atom is 0.242 e. The highest BCUT2D eigenvalue weighted by Crippen LogP contribution is 2.22. The first-order valence-electron chi connectivity index (χ1n) is 9.78. The molecule has 0 fully saturated rings. The molecule has 0 aliphatic heterocycles. The van der Waals surface area contributed by atoms with E-state index >= 15 is 0 Å². The Bertz CT molecular complexity index is 824. The fourth-order valence-electron chi connectivity index (χ4n) is 2.76. The summed E-state index contributed by atoms with van der Waals surface area (Å²) < 4.78 is 0. The third-order valence-electron chi connectivity index (χ3n) is 4.63. The van der Waals surface area contributed by atoms with E-state index in [4.69, 9.17) is 11.6 Å². The van der Waals surface area contributed by atoms with Crippen molar-refractivity contribution in [3.05, 3.63) is 64.7 Å². The van der Waals surface area contributed by atoms with Crippen molar-refractivity contribution in [2.45, 2.75) is 45.2 Å². The molecule has 0 spiro atoms. The van der Waals surface area contributed by atoms with Crippen LogP contribution in [0.2, 0.25) is 5.02 Å². The van der Waals surface area contributed by atoms with Gasteiger partial charge in [0.2, 0.25) is 11.8 Å². The first kappa shape index (κ1) is 23.3. The van der Waals surface area contributed by atoms with Crippen LogP contribution >= 0.6 is 23.4 Å². The number of nitrogens with zero attached hydrogens (tertiary/aromatic N) is 1. The van der Waals surface area contributed by atoms with Crippen molar-refractivity contribution in [3.8, 4) is 0 Å². The molecule has 2 rings (SSSR count). The van der Waals surface area contributed by atoms with Crippen LogP contribution in [0, 0.1) is 12.8 Å². The van der Waals surface area contributed by atoms with Gasteiger partial charge in [-0.15, -0.1) is 11.8 Å². The molecule has 156 valence electrons. The highest BCUT2D eigenvalue weighted by Gasteiger charge is 2.26. The van der Waals surface area contributed by atoms with E-state index in [0.29, 0.717) is 24.0 Å². The zero-order valence-electron chi connectivity index (χ0n) is 17.4. The van der Waals surface area contributed by atoms with E-state index in [1.807, 2.05) is 57.2 Å². The highest BCUT2D eigenvalue weighted by molar-refractivity contribution is 8.00. The van der Waals surface area contributed by atoms with Gasteiger partial charge in [-0.2, -0.15) is 0 Å². The van der Waals surface area contributed by atoms with E-state index in [2.05, 4.69) is 5.32 Å². The molecule has 0 saturated carbocycles. The van der Waals surface area contributed by atoms with Gasteiger partial charge in [-0.25, -0.2) is 0 Å². The van der Waals surface area contributed by atoms with Crippen LogP contribution in [0.5, 0.6) is 0 Å². The molecule has 0 unspecified atom stereocenters. The fourth-order valence-corrected chi connectivity index (χ4v) is 3.68. The maximum absolute atomic E-state index is 13.1. The number of hydrogen-bond acceptors (Lipinski definition) is 3. The van der Waals surface area contributed by atoms with Crippen LogP contribution in [0.25, 0.3) is 0 Å². The Labute approximate surface area is 183 Å². The third-order valence-corrected chi connectivity index (χ3v) is 5.88. The first-order chi connectivity index (χ1) is 13.8. The number of nitrogens with one attached hydrogen (secondary N) is 1. The second-order valence-electron chi connectivity index (χ2n) is 7.51. The van der Waals surface area contributed by atoms with Gasteiger partial charge in [-0.05, 0) is 55.2 Å². The molecule has 2 aromatic carbocycles. The van der Waals surface area contributed by atoms with E-state index in [1.54, 1.807) is 24.0 Å². The van der Waals surface area contributed by atoms with Crippen LogP contribution in [0.4, 0.5) is 0 Å². The minimum Gasteiger partial charge on any atom is -0.354 e. The molecular formula is C23H29ClN2O2S. The fraction of sp³-hybridized carbons (Fsp3) is 0.391. The van der Waals surface area contributed by atoms with Gasteiger partial charge in [0.05, 0.1) is 5.75 Å². The first-order valence-corrected chi connectivity index (χ1v) is 11.1. The number of carbonyl (C=O) groups excluding carboxylic acids is 2. The average Bonchev–Trinajstić information content (AvgIpc) is 2.70. The quantitative estimate of drug-likeness (QED) is 0.571. The molecule has 0 saturated heterocycles. The second-order valence-corrected chi connectivity index (χ2v) is 8.99. The SMILES string of the molecule is Cc1ccccc1CN(C(=O)CSc1ccc(Cl)cc1)[C@H](C)C(=O)NCC(C)C. The summed E-state index contributed by atoms with van der Waals surface area (Å²) in [7, 11) is 0. The van der Waals surface area contributed by atoms with Crippen molar-refractivity contribution in [3.63, 3.8) is 0 Å². The molecule has 0 heterocycles. The van der Waals surface area contributed by atoms with Gasteiger partial charge in [0.15, 0.2) is 0 Å². The Morgan fingerprint density at radius 1 is 1.07 bits per heavy atom. The van der Waals surface area contributed by atoms with Crippen molar-refractivity contribution < 1.29 is 9.59 Å². The van der Waals surface area contributed by atoms with E-state index in [-0.39, 0.29) is 17.6 Å². The monoisotopic (exact) mass is 432 g/mol. The molecule has 0 bridgehead atoms. The summed E-state index contributed by atoms with van der Waals surface area (Å²) in [6.07, 6.45) is 0. The van der Waals surface area contributed by atoms with Gasteiger partial charge in [0.1, 0.15) is 6.04 Å². The maximum atomic E-state index is 13.1. The van der Waals surface area contributed by atoms with Crippen LogP contribution in [-0.2, 0) is 16.1 Å². The number of carbonyl (C=O) groups is 2. The lowest BCUT2D eigenvalue weighted by atomic mass is 10.1. The normalized spacial score (nSPS) is 11.9. The van der Waals surface area contributed by atoms with Crippen LogP contribution in [0.15, 0.2) is 53.4 Å². The Kier molecular flexibility index (Phi) is 9.05. The molecule has 0 aromatic heterocycles. The molecule has 1 N–H and O–H groups in total. The summed E-state index contributed by atoms with van der Waals surface area (Å²) >= 11 is 7.38. The number of benzene rings is 2. The predicted molar refractivity (Wildman–Crippen MR) is 121 cm³/mol. The molecule has 2 aromatic rings. The average molecular weight is 433 g/mol. The lowest BCUT2D eigenvalue weighted by Gasteiger charge is -2.29. The smallest absolute Gasteiger partial charge is 0.242 e. The summed E-state index contributed by atoms with van der Waals surface area (Å²) in [5.41, 5.74) is 2.14. The summed E-state index contributed by atoms with van der Waals surface area (Å²) in [5.74, 6) is 0.416. The molecule has 2 amide bonds. The largest absolute Gasteiger partial charge is 0.354 e. The van der Waals surface area contributed by atoms with Crippen molar-refractivity contribution in [2.75, 3.05) is 12.3 Å². The van der Waals surface area contributed by atoms with Gasteiger partial charge in [-0.3, -0.25) is 9.59 Å². The van der Waals surface area contributed by atoms with Crippen LogP contribution in [-0.4, -0.2) is 35.1 Å². The van der Waals surface area contributed by atoms with E-state index in [9.17, 15) is 9.59 Å². The lowest BCUT2D eigenvalue weighted by Crippen LogP contribution is -2.48. The van der Waals surface area contributed by atoms with E-state index in [1.165, 1.54) is 11.8 Å². The summed E-state index contributed by atoms with van der Waals surface area (Å²) in [4.78, 5) is 28.4. The lowest BCUT2D eigenvalue weighted by molar-refractivity contribution is -0.138. The third kappa shape index (κ3) is 7.41. The molecule has 29 heavy (non-hydrogen) atoms. The topological polar surface area (TPSA) is 49.4 Å². The van der Waals surface area contributed by atoms with Crippen LogP contribution in [0.3, 0.4) is 0 Å². The highest BCUT2D eigenvalue weighted by atomic mass is 35.5. The van der Waals surface area contributed by atoms with Gasteiger partial charge in [0, 0.05) is 23.0 Å². The van der Waals surface area contributed by atoms with Crippen molar-refractivity contribution in [1.29, 1.82) is 0 Å².